The van der Waals surface area contributed by atoms with Crippen LogP contribution >= 0.6 is 11.8 Å². The van der Waals surface area contributed by atoms with Crippen molar-refractivity contribution < 1.29 is 4.39 Å². The van der Waals surface area contributed by atoms with E-state index in [4.69, 9.17) is 5.73 Å². The van der Waals surface area contributed by atoms with Crippen molar-refractivity contribution in [2.24, 2.45) is 5.92 Å². The molecule has 0 bridgehead atoms. The highest BCUT2D eigenvalue weighted by molar-refractivity contribution is 7.99. The second-order valence-corrected chi connectivity index (χ2v) is 5.27. The van der Waals surface area contributed by atoms with Gasteiger partial charge >= 0.3 is 0 Å². The van der Waals surface area contributed by atoms with Gasteiger partial charge in [0.05, 0.1) is 0 Å². The molecule has 1 aliphatic heterocycles. The van der Waals surface area contributed by atoms with Gasteiger partial charge in [-0.1, -0.05) is 0 Å². The van der Waals surface area contributed by atoms with Crippen LogP contribution in [0.15, 0.2) is 23.1 Å². The minimum absolute atomic E-state index is 0.210. The lowest BCUT2D eigenvalue weighted by Crippen LogP contribution is -2.30. The lowest BCUT2D eigenvalue weighted by atomic mass is 10.0. The first-order chi connectivity index (χ1) is 7.75. The normalized spacial score (nSPS) is 20.9. The van der Waals surface area contributed by atoms with Gasteiger partial charge in [0.2, 0.25) is 0 Å². The molecule has 2 nitrogen and oxygen atoms in total. The van der Waals surface area contributed by atoms with Crippen molar-refractivity contribution in [1.29, 1.82) is 0 Å². The fourth-order valence-corrected chi connectivity index (χ4v) is 3.04. The Balaban J connectivity index is 1.90. The number of nitrogens with two attached hydrogens (primary N) is 1. The maximum Gasteiger partial charge on any atom is 0.124 e. The van der Waals surface area contributed by atoms with E-state index in [9.17, 15) is 4.39 Å². The summed E-state index contributed by atoms with van der Waals surface area (Å²) in [5.74, 6) is 1.49. The van der Waals surface area contributed by atoms with Crippen LogP contribution in [0.5, 0.6) is 0 Å². The average Bonchev–Trinajstić information content (AvgIpc) is 2.32. The number of nitrogen functional groups attached to an aromatic ring is 1. The number of hydrogen-bond donors (Lipinski definition) is 2. The van der Waals surface area contributed by atoms with Crippen LogP contribution in [0, 0.1) is 11.7 Å². The van der Waals surface area contributed by atoms with E-state index in [0.717, 1.165) is 23.7 Å². The molecule has 16 heavy (non-hydrogen) atoms. The molecular weight excluding hydrogens is 223 g/mol. The largest absolute Gasteiger partial charge is 0.398 e. The molecule has 0 amide bonds. The van der Waals surface area contributed by atoms with Crippen LogP contribution in [0.25, 0.3) is 0 Å². The van der Waals surface area contributed by atoms with Gasteiger partial charge < -0.3 is 11.1 Å². The number of hydrogen-bond acceptors (Lipinski definition) is 3. The lowest BCUT2D eigenvalue weighted by molar-refractivity contribution is 0.410. The smallest absolute Gasteiger partial charge is 0.124 e. The van der Waals surface area contributed by atoms with Crippen molar-refractivity contribution in [3.05, 3.63) is 24.0 Å². The monoisotopic (exact) mass is 240 g/mol. The zero-order chi connectivity index (χ0) is 11.4. The number of thioether (sulfide) groups is 1. The van der Waals surface area contributed by atoms with E-state index in [1.165, 1.54) is 25.0 Å². The molecule has 1 atom stereocenters. The molecule has 88 valence electrons. The SMILES string of the molecule is Nc1ccc(F)cc1SCC1CCCNC1. The lowest BCUT2D eigenvalue weighted by Gasteiger charge is -2.22. The molecule has 0 radical (unpaired) electrons. The Hall–Kier alpha value is -0.740. The highest BCUT2D eigenvalue weighted by Crippen LogP contribution is 2.28. The van der Waals surface area contributed by atoms with Crippen molar-refractivity contribution >= 4 is 17.4 Å². The first kappa shape index (κ1) is 11.7. The minimum atomic E-state index is -0.210. The van der Waals surface area contributed by atoms with Gasteiger partial charge in [-0.15, -0.1) is 11.8 Å². The first-order valence-electron chi connectivity index (χ1n) is 5.64. The van der Waals surface area contributed by atoms with Crippen LogP contribution in [-0.2, 0) is 0 Å². The van der Waals surface area contributed by atoms with Gasteiger partial charge in [0.15, 0.2) is 0 Å². The van der Waals surface area contributed by atoms with Crippen LogP contribution in [-0.4, -0.2) is 18.8 Å². The second-order valence-electron chi connectivity index (χ2n) is 4.21. The molecule has 0 spiro atoms. The molecular formula is C12H17FN2S. The highest BCUT2D eigenvalue weighted by Gasteiger charge is 2.13. The third-order valence-corrected chi connectivity index (χ3v) is 4.15. The third-order valence-electron chi connectivity index (χ3n) is 2.85. The summed E-state index contributed by atoms with van der Waals surface area (Å²) in [5, 5.41) is 3.38. The Kier molecular flexibility index (Phi) is 4.07. The van der Waals surface area contributed by atoms with Crippen molar-refractivity contribution in [3.8, 4) is 0 Å². The van der Waals surface area contributed by atoms with Crippen molar-refractivity contribution in [2.45, 2.75) is 17.7 Å². The Morgan fingerprint density at radius 1 is 1.50 bits per heavy atom. The van der Waals surface area contributed by atoms with E-state index in [1.807, 2.05) is 0 Å². The van der Waals surface area contributed by atoms with Crippen LogP contribution in [0.3, 0.4) is 0 Å². The van der Waals surface area contributed by atoms with E-state index in [2.05, 4.69) is 5.32 Å². The van der Waals surface area contributed by atoms with Gasteiger partial charge in [-0.2, -0.15) is 0 Å². The van der Waals surface area contributed by atoms with Crippen LogP contribution in [0.1, 0.15) is 12.8 Å². The molecule has 0 aromatic heterocycles. The molecule has 4 heteroatoms. The number of nitrogens with one attached hydrogen (secondary N) is 1. The summed E-state index contributed by atoms with van der Waals surface area (Å²) in [4.78, 5) is 0.866. The Bertz CT molecular complexity index is 351. The highest BCUT2D eigenvalue weighted by atomic mass is 32.2. The van der Waals surface area contributed by atoms with Crippen LogP contribution in [0.4, 0.5) is 10.1 Å². The predicted octanol–water partition coefficient (Wildman–Crippen LogP) is 2.50. The number of piperidine rings is 1. The van der Waals surface area contributed by atoms with Gasteiger partial charge in [0, 0.05) is 16.3 Å². The number of rotatable bonds is 3. The molecule has 0 aliphatic carbocycles. The van der Waals surface area contributed by atoms with Gasteiger partial charge in [-0.25, -0.2) is 4.39 Å². The summed E-state index contributed by atoms with van der Waals surface area (Å²) >= 11 is 1.66. The zero-order valence-electron chi connectivity index (χ0n) is 9.21. The van der Waals surface area contributed by atoms with Crippen LogP contribution < -0.4 is 11.1 Å². The molecule has 0 saturated carbocycles. The summed E-state index contributed by atoms with van der Waals surface area (Å²) in [6.07, 6.45) is 2.50. The third kappa shape index (κ3) is 3.12. The summed E-state index contributed by atoms with van der Waals surface area (Å²) in [5.41, 5.74) is 6.48. The topological polar surface area (TPSA) is 38.0 Å². The number of anilines is 1. The van der Waals surface area contributed by atoms with Crippen LogP contribution in [0.2, 0.25) is 0 Å². The molecule has 1 heterocycles. The van der Waals surface area contributed by atoms with Crippen molar-refractivity contribution in [2.75, 3.05) is 24.6 Å². The molecule has 1 saturated heterocycles. The summed E-state index contributed by atoms with van der Waals surface area (Å²) in [6.45, 7) is 2.20. The maximum atomic E-state index is 13.0. The summed E-state index contributed by atoms with van der Waals surface area (Å²) in [7, 11) is 0. The zero-order valence-corrected chi connectivity index (χ0v) is 10.0. The molecule has 1 unspecified atom stereocenters. The molecule has 1 aliphatic rings. The number of benzene rings is 1. The Morgan fingerprint density at radius 2 is 2.38 bits per heavy atom. The number of halogens is 1. The van der Waals surface area contributed by atoms with Crippen molar-refractivity contribution in [3.63, 3.8) is 0 Å². The standard InChI is InChI=1S/C12H17FN2S/c13-10-3-4-11(14)12(6-10)16-8-9-2-1-5-15-7-9/h3-4,6,9,15H,1-2,5,7-8,14H2. The minimum Gasteiger partial charge on any atom is -0.398 e. The molecule has 2 rings (SSSR count). The fraction of sp³-hybridized carbons (Fsp3) is 0.500. The van der Waals surface area contributed by atoms with Gasteiger partial charge in [-0.3, -0.25) is 0 Å². The molecule has 1 aromatic rings. The Morgan fingerprint density at radius 3 is 3.12 bits per heavy atom. The van der Waals surface area contributed by atoms with Gasteiger partial charge in [-0.05, 0) is 50.0 Å². The average molecular weight is 240 g/mol. The van der Waals surface area contributed by atoms with Gasteiger partial charge in [0.25, 0.3) is 0 Å². The first-order valence-corrected chi connectivity index (χ1v) is 6.63. The Labute approximate surface area is 99.8 Å². The molecule has 3 N–H and O–H groups in total. The van der Waals surface area contributed by atoms with E-state index in [0.29, 0.717) is 11.6 Å². The molecule has 1 fully saturated rings. The predicted molar refractivity (Wildman–Crippen MR) is 67.1 cm³/mol. The maximum absolute atomic E-state index is 13.0. The van der Waals surface area contributed by atoms with E-state index in [-0.39, 0.29) is 5.82 Å². The van der Waals surface area contributed by atoms with E-state index in [1.54, 1.807) is 17.8 Å². The summed E-state index contributed by atoms with van der Waals surface area (Å²) < 4.78 is 13.0. The van der Waals surface area contributed by atoms with Crippen molar-refractivity contribution in [1.82, 2.24) is 5.32 Å². The van der Waals surface area contributed by atoms with E-state index >= 15 is 0 Å². The van der Waals surface area contributed by atoms with Gasteiger partial charge in [0.1, 0.15) is 5.82 Å². The molecule has 1 aromatic carbocycles. The fourth-order valence-electron chi connectivity index (χ4n) is 1.91. The summed E-state index contributed by atoms with van der Waals surface area (Å²) in [6, 6.07) is 4.56. The van der Waals surface area contributed by atoms with E-state index < -0.39 is 0 Å². The quantitative estimate of drug-likeness (QED) is 0.630. The second kappa shape index (κ2) is 5.55.